The number of amides is 1. The molecule has 2 nitrogen and oxygen atoms in total. The molecule has 0 aromatic heterocycles. The fourth-order valence-corrected chi connectivity index (χ4v) is 2.19. The lowest BCUT2D eigenvalue weighted by Crippen LogP contribution is -2.41. The molecule has 98 valence electrons. The summed E-state index contributed by atoms with van der Waals surface area (Å²) < 4.78 is 24.6. The first kappa shape index (κ1) is 9.60. The minimum Gasteiger partial charge on any atom is -0.329 e. The summed E-state index contributed by atoms with van der Waals surface area (Å²) in [6.07, 6.45) is 0. The van der Waals surface area contributed by atoms with Gasteiger partial charge in [0.2, 0.25) is 0 Å². The van der Waals surface area contributed by atoms with Crippen LogP contribution in [-0.2, 0) is 11.9 Å². The van der Waals surface area contributed by atoms with Gasteiger partial charge in [-0.05, 0) is 37.3 Å². The van der Waals surface area contributed by atoms with Crippen LogP contribution in [-0.4, -0.2) is 16.3 Å². The van der Waals surface area contributed by atoms with Crippen molar-refractivity contribution in [2.45, 2.75) is 59.0 Å². The highest BCUT2D eigenvalue weighted by Crippen LogP contribution is 2.35. The lowest BCUT2D eigenvalue weighted by atomic mass is 9.82. The number of hydrogen-bond donors (Lipinski definition) is 0. The van der Waals surface area contributed by atoms with Crippen LogP contribution >= 0.6 is 0 Å². The van der Waals surface area contributed by atoms with E-state index in [0.717, 1.165) is 0 Å². The van der Waals surface area contributed by atoms with Gasteiger partial charge in [-0.1, -0.05) is 38.9 Å². The Morgan fingerprint density at radius 2 is 1.83 bits per heavy atom. The lowest BCUT2D eigenvalue weighted by molar-refractivity contribution is 0.0608. The molecular weight excluding hydrogens is 222 g/mol. The Kier molecular flexibility index (Phi) is 2.05. The van der Waals surface area contributed by atoms with Gasteiger partial charge in [0.1, 0.15) is 0 Å². The smallest absolute Gasteiger partial charge is 0.255 e. The molecule has 1 aliphatic rings. The molecule has 1 heterocycles. The van der Waals surface area contributed by atoms with Crippen LogP contribution in [0.15, 0.2) is 18.2 Å². The fourth-order valence-electron chi connectivity index (χ4n) is 2.19. The van der Waals surface area contributed by atoms with Crippen LogP contribution in [0, 0.1) is 0 Å². The van der Waals surface area contributed by atoms with E-state index < -0.39 is 12.1 Å². The SMILES string of the molecule is [2H]c1cc([2H])c(C(C)(C)C)c2c1C([2H])N(C(C)(C)C)C2=O. The maximum Gasteiger partial charge on any atom is 0.255 e. The van der Waals surface area contributed by atoms with Crippen LogP contribution in [0.3, 0.4) is 0 Å². The normalized spacial score (nSPS) is 22.6. The molecule has 1 unspecified atom stereocenters. The van der Waals surface area contributed by atoms with Crippen LogP contribution in [0.4, 0.5) is 0 Å². The third-order valence-electron chi connectivity index (χ3n) is 3.13. The Bertz CT molecular complexity index is 611. The van der Waals surface area contributed by atoms with Gasteiger partial charge in [-0.25, -0.2) is 0 Å². The average Bonchev–Trinajstić information content (AvgIpc) is 2.48. The van der Waals surface area contributed by atoms with Gasteiger partial charge >= 0.3 is 0 Å². The highest BCUT2D eigenvalue weighted by atomic mass is 16.2. The van der Waals surface area contributed by atoms with Crippen molar-refractivity contribution in [1.29, 1.82) is 0 Å². The molecule has 18 heavy (non-hydrogen) atoms. The average molecular weight is 248 g/mol. The van der Waals surface area contributed by atoms with E-state index in [9.17, 15) is 4.79 Å². The van der Waals surface area contributed by atoms with E-state index in [2.05, 4.69) is 0 Å². The van der Waals surface area contributed by atoms with Gasteiger partial charge in [-0.15, -0.1) is 0 Å². The largest absolute Gasteiger partial charge is 0.329 e. The van der Waals surface area contributed by atoms with Gasteiger partial charge in [0.15, 0.2) is 0 Å². The zero-order valence-corrected chi connectivity index (χ0v) is 12.0. The van der Waals surface area contributed by atoms with Crippen molar-refractivity contribution in [3.8, 4) is 0 Å². The Balaban J connectivity index is 2.81. The van der Waals surface area contributed by atoms with Crippen LogP contribution < -0.4 is 0 Å². The maximum absolute atomic E-state index is 12.9. The first-order valence-corrected chi connectivity index (χ1v) is 6.28. The first-order valence-electron chi connectivity index (χ1n) is 7.85. The molecule has 2 heteroatoms. The minimum atomic E-state index is -0.873. The summed E-state index contributed by atoms with van der Waals surface area (Å²) in [6.45, 7) is 10.7. The molecule has 0 aliphatic carbocycles. The number of rotatable bonds is 0. The van der Waals surface area contributed by atoms with Crippen molar-refractivity contribution in [3.63, 3.8) is 0 Å². The molecule has 0 saturated carbocycles. The van der Waals surface area contributed by atoms with Gasteiger partial charge in [-0.2, -0.15) is 0 Å². The maximum atomic E-state index is 12.9. The standard InChI is InChI=1S/C16H23NO/c1-15(2,3)12-9-7-8-11-10-17(16(4,5)6)14(18)13(11)12/h7-9H,10H2,1-6H3/i8D,9D,10D. The second-order valence-corrected chi connectivity index (χ2v) is 6.82. The Hall–Kier alpha value is -1.31. The Labute approximate surface area is 114 Å². The molecule has 1 aliphatic heterocycles. The molecule has 0 bridgehead atoms. The van der Waals surface area contributed by atoms with Gasteiger partial charge in [0.25, 0.3) is 5.91 Å². The Morgan fingerprint density at radius 3 is 2.33 bits per heavy atom. The van der Waals surface area contributed by atoms with Gasteiger partial charge in [0.05, 0.1) is 4.11 Å². The fraction of sp³-hybridized carbons (Fsp3) is 0.562. The molecule has 0 N–H and O–H groups in total. The summed E-state index contributed by atoms with van der Waals surface area (Å²) in [5, 5.41) is 0. The molecule has 0 radical (unpaired) electrons. The molecule has 1 aromatic rings. The summed E-state index contributed by atoms with van der Waals surface area (Å²) in [7, 11) is 0. The zero-order chi connectivity index (χ0) is 16.3. The van der Waals surface area contributed by atoms with E-state index in [0.29, 0.717) is 16.7 Å². The summed E-state index contributed by atoms with van der Waals surface area (Å²) in [5.74, 6) is -0.231. The van der Waals surface area contributed by atoms with Crippen LogP contribution in [0.2, 0.25) is 0 Å². The quantitative estimate of drug-likeness (QED) is 0.685. The molecule has 0 spiro atoms. The van der Waals surface area contributed by atoms with E-state index in [1.807, 2.05) is 41.5 Å². The van der Waals surface area contributed by atoms with Gasteiger partial charge in [0, 0.05) is 17.6 Å². The molecular formula is C16H23NO. The monoisotopic (exact) mass is 248 g/mol. The van der Waals surface area contributed by atoms with Crippen molar-refractivity contribution < 1.29 is 8.91 Å². The van der Waals surface area contributed by atoms with E-state index >= 15 is 0 Å². The van der Waals surface area contributed by atoms with E-state index in [4.69, 9.17) is 4.11 Å². The number of nitrogens with zero attached hydrogens (tertiary/aromatic N) is 1. The summed E-state index contributed by atoms with van der Waals surface area (Å²) in [5.41, 5.74) is 0.609. The molecule has 1 aromatic carbocycles. The third kappa shape index (κ3) is 2.05. The number of carbonyl (C=O) groups excluding carboxylic acids is 1. The number of benzene rings is 1. The van der Waals surface area contributed by atoms with Gasteiger partial charge in [-0.3, -0.25) is 4.79 Å². The first-order chi connectivity index (χ1) is 9.37. The molecule has 0 fully saturated rings. The molecule has 0 saturated heterocycles. The van der Waals surface area contributed by atoms with Crippen molar-refractivity contribution in [2.24, 2.45) is 0 Å². The van der Waals surface area contributed by atoms with Crippen LogP contribution in [0.5, 0.6) is 0 Å². The lowest BCUT2D eigenvalue weighted by Gasteiger charge is -2.32. The third-order valence-corrected chi connectivity index (χ3v) is 3.13. The highest BCUT2D eigenvalue weighted by Gasteiger charge is 2.37. The predicted molar refractivity (Wildman–Crippen MR) is 74.8 cm³/mol. The highest BCUT2D eigenvalue weighted by molar-refractivity contribution is 6.00. The molecule has 1 atom stereocenters. The second-order valence-electron chi connectivity index (χ2n) is 6.82. The number of carbonyl (C=O) groups is 1. The van der Waals surface area contributed by atoms with Crippen molar-refractivity contribution in [3.05, 3.63) is 34.8 Å². The minimum absolute atomic E-state index is 0.114. The van der Waals surface area contributed by atoms with Crippen LogP contribution in [0.25, 0.3) is 0 Å². The second kappa shape index (κ2) is 3.84. The van der Waals surface area contributed by atoms with E-state index in [-0.39, 0.29) is 23.4 Å². The van der Waals surface area contributed by atoms with Gasteiger partial charge < -0.3 is 4.90 Å². The topological polar surface area (TPSA) is 20.3 Å². The summed E-state index contributed by atoms with van der Waals surface area (Å²) in [4.78, 5) is 14.4. The van der Waals surface area contributed by atoms with E-state index in [1.54, 1.807) is 0 Å². The Morgan fingerprint density at radius 1 is 1.22 bits per heavy atom. The zero-order valence-electron chi connectivity index (χ0n) is 15.0. The van der Waals surface area contributed by atoms with E-state index in [1.165, 1.54) is 11.0 Å². The predicted octanol–water partition coefficient (Wildman–Crippen LogP) is 3.74. The number of fused-ring (bicyclic) bond motifs is 1. The number of hydrogen-bond acceptors (Lipinski definition) is 1. The van der Waals surface area contributed by atoms with Crippen LogP contribution in [0.1, 0.15) is 67.1 Å². The molecule has 1 amide bonds. The van der Waals surface area contributed by atoms with Crippen molar-refractivity contribution in [2.75, 3.05) is 0 Å². The molecule has 2 rings (SSSR count). The summed E-state index contributed by atoms with van der Waals surface area (Å²) in [6, 6.07) is 1.78. The van der Waals surface area contributed by atoms with Crippen molar-refractivity contribution >= 4 is 5.91 Å². The van der Waals surface area contributed by atoms with Crippen molar-refractivity contribution in [1.82, 2.24) is 4.90 Å². The summed E-state index contributed by atoms with van der Waals surface area (Å²) >= 11 is 0.